The van der Waals surface area contributed by atoms with Gasteiger partial charge in [0.2, 0.25) is 0 Å². The molecule has 1 aliphatic rings. The average Bonchev–Trinajstić information content (AvgIpc) is 3.11. The number of benzene rings is 1. The van der Waals surface area contributed by atoms with Gasteiger partial charge in [0.25, 0.3) is 0 Å². The summed E-state index contributed by atoms with van der Waals surface area (Å²) in [6.45, 7) is 2.14. The molecule has 0 bridgehead atoms. The van der Waals surface area contributed by atoms with Gasteiger partial charge in [-0.25, -0.2) is 9.97 Å². The van der Waals surface area contributed by atoms with Crippen molar-refractivity contribution in [2.45, 2.75) is 32.0 Å². The summed E-state index contributed by atoms with van der Waals surface area (Å²) in [7, 11) is 0. The second-order valence-corrected chi connectivity index (χ2v) is 7.81. The molecule has 1 fully saturated rings. The minimum Gasteiger partial charge on any atom is -0.460 e. The Bertz CT molecular complexity index is 1050. The predicted octanol–water partition coefficient (Wildman–Crippen LogP) is 5.83. The van der Waals surface area contributed by atoms with Crippen molar-refractivity contribution in [3.05, 3.63) is 52.5 Å². The number of nitrogens with zero attached hydrogens (tertiary/aromatic N) is 4. The van der Waals surface area contributed by atoms with Crippen molar-refractivity contribution in [3.63, 3.8) is 0 Å². The Labute approximate surface area is 174 Å². The van der Waals surface area contributed by atoms with Gasteiger partial charge in [0.05, 0.1) is 22.5 Å². The highest BCUT2D eigenvalue weighted by molar-refractivity contribution is 6.32. The lowest BCUT2D eigenvalue weighted by molar-refractivity contribution is -0.137. The van der Waals surface area contributed by atoms with Gasteiger partial charge in [-0.05, 0) is 30.9 Å². The standard InChI is InChI=1S/C19H15Cl2F3N4O/c1-10-4-12(5-10)29-18-25-7-15(21)17(27-18)28-8-16(26-9-28)11-2-3-14(20)13(6-11)19(22,23)24/h2-3,6-10,12H,4-5H2,1H3. The fourth-order valence-electron chi connectivity index (χ4n) is 3.14. The molecule has 2 aromatic heterocycles. The van der Waals surface area contributed by atoms with E-state index in [1.54, 1.807) is 0 Å². The number of halogens is 5. The summed E-state index contributed by atoms with van der Waals surface area (Å²) in [6.07, 6.45) is 1.77. The van der Waals surface area contributed by atoms with E-state index in [4.69, 9.17) is 27.9 Å². The summed E-state index contributed by atoms with van der Waals surface area (Å²) in [6, 6.07) is 3.82. The molecule has 0 saturated heterocycles. The Balaban J connectivity index is 1.63. The van der Waals surface area contributed by atoms with Crippen LogP contribution >= 0.6 is 23.2 Å². The molecular weight excluding hydrogens is 428 g/mol. The maximum atomic E-state index is 13.1. The van der Waals surface area contributed by atoms with Crippen molar-refractivity contribution in [1.29, 1.82) is 0 Å². The summed E-state index contributed by atoms with van der Waals surface area (Å²) in [5, 5.41) is -0.109. The molecule has 1 saturated carbocycles. The first-order chi connectivity index (χ1) is 13.7. The minimum atomic E-state index is -4.56. The van der Waals surface area contributed by atoms with Gasteiger partial charge in [-0.15, -0.1) is 0 Å². The lowest BCUT2D eigenvalue weighted by atomic mass is 9.84. The number of hydrogen-bond donors (Lipinski definition) is 0. The van der Waals surface area contributed by atoms with Gasteiger partial charge in [-0.1, -0.05) is 36.2 Å². The van der Waals surface area contributed by atoms with Gasteiger partial charge in [0.1, 0.15) is 17.5 Å². The molecule has 152 valence electrons. The smallest absolute Gasteiger partial charge is 0.417 e. The second-order valence-electron chi connectivity index (χ2n) is 7.00. The van der Waals surface area contributed by atoms with Crippen LogP contribution in [-0.2, 0) is 6.18 Å². The van der Waals surface area contributed by atoms with E-state index in [0.717, 1.165) is 18.9 Å². The molecule has 0 spiro atoms. The van der Waals surface area contributed by atoms with E-state index in [-0.39, 0.29) is 27.7 Å². The molecule has 4 rings (SSSR count). The normalized spacial score (nSPS) is 19.1. The minimum absolute atomic E-state index is 0.0761. The molecule has 0 radical (unpaired) electrons. The number of hydrogen-bond acceptors (Lipinski definition) is 4. The first-order valence-corrected chi connectivity index (χ1v) is 9.57. The summed E-state index contributed by atoms with van der Waals surface area (Å²) >= 11 is 11.9. The van der Waals surface area contributed by atoms with Crippen molar-refractivity contribution in [1.82, 2.24) is 19.5 Å². The van der Waals surface area contributed by atoms with Crippen LogP contribution in [0.25, 0.3) is 17.1 Å². The summed E-state index contributed by atoms with van der Waals surface area (Å²) in [4.78, 5) is 12.6. The van der Waals surface area contributed by atoms with Crippen LogP contribution in [0.3, 0.4) is 0 Å². The molecule has 1 aromatic carbocycles. The maximum Gasteiger partial charge on any atom is 0.417 e. The van der Waals surface area contributed by atoms with Crippen LogP contribution in [0.4, 0.5) is 13.2 Å². The number of imidazole rings is 1. The quantitative estimate of drug-likeness (QED) is 0.509. The molecule has 5 nitrogen and oxygen atoms in total. The molecular formula is C19H15Cl2F3N4O. The molecule has 2 heterocycles. The first kappa shape index (κ1) is 20.0. The topological polar surface area (TPSA) is 52.8 Å². The van der Waals surface area contributed by atoms with Crippen LogP contribution in [0.15, 0.2) is 36.9 Å². The first-order valence-electron chi connectivity index (χ1n) is 8.81. The molecule has 29 heavy (non-hydrogen) atoms. The highest BCUT2D eigenvalue weighted by Gasteiger charge is 2.33. The van der Waals surface area contributed by atoms with E-state index < -0.39 is 11.7 Å². The van der Waals surface area contributed by atoms with E-state index in [2.05, 4.69) is 21.9 Å². The largest absolute Gasteiger partial charge is 0.460 e. The summed E-state index contributed by atoms with van der Waals surface area (Å²) in [5.41, 5.74) is -0.334. The van der Waals surface area contributed by atoms with Crippen LogP contribution in [0.2, 0.25) is 10.0 Å². The third kappa shape index (κ3) is 4.18. The lowest BCUT2D eigenvalue weighted by Crippen LogP contribution is -2.32. The molecule has 1 aliphatic carbocycles. The van der Waals surface area contributed by atoms with E-state index in [0.29, 0.717) is 17.4 Å². The average molecular weight is 443 g/mol. The van der Waals surface area contributed by atoms with Crippen molar-refractivity contribution in [2.75, 3.05) is 0 Å². The van der Waals surface area contributed by atoms with Crippen LogP contribution in [0.1, 0.15) is 25.3 Å². The Kier molecular flexibility index (Phi) is 5.16. The fourth-order valence-corrected chi connectivity index (χ4v) is 3.56. The van der Waals surface area contributed by atoms with Crippen LogP contribution in [0, 0.1) is 5.92 Å². The third-order valence-electron chi connectivity index (χ3n) is 4.70. The zero-order valence-electron chi connectivity index (χ0n) is 15.1. The lowest BCUT2D eigenvalue weighted by Gasteiger charge is -2.31. The zero-order chi connectivity index (χ0) is 20.8. The van der Waals surface area contributed by atoms with Crippen LogP contribution in [0.5, 0.6) is 6.01 Å². The third-order valence-corrected chi connectivity index (χ3v) is 5.30. The molecule has 3 aromatic rings. The van der Waals surface area contributed by atoms with E-state index >= 15 is 0 Å². The number of aromatic nitrogens is 4. The maximum absolute atomic E-state index is 13.1. The molecule has 0 N–H and O–H groups in total. The van der Waals surface area contributed by atoms with Gasteiger partial charge in [0.15, 0.2) is 5.82 Å². The number of alkyl halides is 3. The highest BCUT2D eigenvalue weighted by Crippen LogP contribution is 2.37. The van der Waals surface area contributed by atoms with Gasteiger partial charge >= 0.3 is 12.2 Å². The Morgan fingerprint density at radius 1 is 1.14 bits per heavy atom. The van der Waals surface area contributed by atoms with Gasteiger partial charge in [0, 0.05) is 11.8 Å². The second kappa shape index (κ2) is 7.50. The highest BCUT2D eigenvalue weighted by atomic mass is 35.5. The van der Waals surface area contributed by atoms with Gasteiger partial charge < -0.3 is 4.74 Å². The summed E-state index contributed by atoms with van der Waals surface area (Å²) < 4.78 is 46.6. The molecule has 0 amide bonds. The van der Waals surface area contributed by atoms with E-state index in [9.17, 15) is 13.2 Å². The Hall–Kier alpha value is -2.32. The van der Waals surface area contributed by atoms with Gasteiger partial charge in [-0.3, -0.25) is 4.57 Å². The molecule has 0 aliphatic heterocycles. The van der Waals surface area contributed by atoms with E-state index in [1.165, 1.54) is 35.4 Å². The van der Waals surface area contributed by atoms with Crippen molar-refractivity contribution in [3.8, 4) is 23.1 Å². The van der Waals surface area contributed by atoms with Crippen molar-refractivity contribution < 1.29 is 17.9 Å². The van der Waals surface area contributed by atoms with E-state index in [1.807, 2.05) is 0 Å². The SMILES string of the molecule is CC1CC(Oc2ncc(Cl)c(-n3cnc(-c4ccc(Cl)c(C(F)(F)F)c4)c3)n2)C1. The predicted molar refractivity (Wildman–Crippen MR) is 102 cm³/mol. The monoisotopic (exact) mass is 442 g/mol. The van der Waals surface area contributed by atoms with Gasteiger partial charge in [-0.2, -0.15) is 18.2 Å². The summed E-state index contributed by atoms with van der Waals surface area (Å²) in [5.74, 6) is 0.941. The molecule has 0 atom stereocenters. The molecule has 10 heteroatoms. The zero-order valence-corrected chi connectivity index (χ0v) is 16.6. The number of ether oxygens (including phenoxy) is 1. The fraction of sp³-hybridized carbons (Fsp3) is 0.316. The van der Waals surface area contributed by atoms with Crippen molar-refractivity contribution in [2.24, 2.45) is 5.92 Å². The Morgan fingerprint density at radius 3 is 2.59 bits per heavy atom. The molecule has 0 unspecified atom stereocenters. The van der Waals surface area contributed by atoms with Crippen molar-refractivity contribution >= 4 is 23.2 Å². The number of rotatable bonds is 4. The van der Waals surface area contributed by atoms with Crippen LogP contribution in [-0.4, -0.2) is 25.6 Å². The van der Waals surface area contributed by atoms with Crippen LogP contribution < -0.4 is 4.74 Å². The Morgan fingerprint density at radius 2 is 1.90 bits per heavy atom.